The third-order valence-corrected chi connectivity index (χ3v) is 5.72. The standard InChI is InChI=1S/C10H18N2OS2/c1-7-10(13)12(8(2)11-7)5-9-6-14-3-4-15-9/h7-9,11H,3-6H2,1-2H3. The van der Waals surface area contributed by atoms with Crippen molar-refractivity contribution >= 4 is 29.4 Å². The van der Waals surface area contributed by atoms with Gasteiger partial charge in [0.2, 0.25) is 5.91 Å². The van der Waals surface area contributed by atoms with Gasteiger partial charge in [0.1, 0.15) is 0 Å². The summed E-state index contributed by atoms with van der Waals surface area (Å²) in [6, 6.07) is 0.00115. The number of thioether (sulfide) groups is 2. The second-order valence-corrected chi connectivity index (χ2v) is 6.68. The first-order valence-corrected chi connectivity index (χ1v) is 7.64. The molecule has 0 aromatic carbocycles. The van der Waals surface area contributed by atoms with Gasteiger partial charge in [0, 0.05) is 29.1 Å². The van der Waals surface area contributed by atoms with Gasteiger partial charge in [-0.2, -0.15) is 23.5 Å². The third kappa shape index (κ3) is 2.63. The van der Waals surface area contributed by atoms with Crippen molar-refractivity contribution in [3.8, 4) is 0 Å². The van der Waals surface area contributed by atoms with Gasteiger partial charge in [-0.25, -0.2) is 0 Å². The molecule has 3 nitrogen and oxygen atoms in total. The molecular weight excluding hydrogens is 228 g/mol. The van der Waals surface area contributed by atoms with Crippen molar-refractivity contribution in [3.63, 3.8) is 0 Å². The van der Waals surface area contributed by atoms with Crippen molar-refractivity contribution in [2.75, 3.05) is 23.8 Å². The fourth-order valence-corrected chi connectivity index (χ4v) is 4.74. The van der Waals surface area contributed by atoms with Gasteiger partial charge in [-0.1, -0.05) is 0 Å². The molecule has 0 bridgehead atoms. The van der Waals surface area contributed by atoms with E-state index in [1.165, 1.54) is 17.3 Å². The average molecular weight is 246 g/mol. The molecule has 2 aliphatic heterocycles. The minimum absolute atomic E-state index is 0.00115. The molecule has 0 aliphatic carbocycles. The van der Waals surface area contributed by atoms with Crippen LogP contribution in [0.5, 0.6) is 0 Å². The summed E-state index contributed by atoms with van der Waals surface area (Å²) in [6.45, 7) is 4.93. The lowest BCUT2D eigenvalue weighted by Gasteiger charge is -2.28. The van der Waals surface area contributed by atoms with Crippen LogP contribution in [0.1, 0.15) is 13.8 Å². The molecular formula is C10H18N2OS2. The Morgan fingerprint density at radius 1 is 1.47 bits per heavy atom. The van der Waals surface area contributed by atoms with Crippen LogP contribution in [0.2, 0.25) is 0 Å². The molecule has 0 radical (unpaired) electrons. The SMILES string of the molecule is CC1NC(C)N(CC2CSCCS2)C1=O. The van der Waals surface area contributed by atoms with E-state index in [9.17, 15) is 4.79 Å². The van der Waals surface area contributed by atoms with Gasteiger partial charge in [0.05, 0.1) is 12.2 Å². The molecule has 5 heteroatoms. The molecule has 2 rings (SSSR count). The van der Waals surface area contributed by atoms with E-state index < -0.39 is 0 Å². The maximum absolute atomic E-state index is 11.8. The Morgan fingerprint density at radius 2 is 2.27 bits per heavy atom. The maximum Gasteiger partial charge on any atom is 0.240 e. The number of nitrogens with zero attached hydrogens (tertiary/aromatic N) is 1. The normalized spacial score (nSPS) is 37.3. The minimum atomic E-state index is 0.00115. The second-order valence-electron chi connectivity index (χ2n) is 4.12. The van der Waals surface area contributed by atoms with Crippen LogP contribution in [0.25, 0.3) is 0 Å². The van der Waals surface area contributed by atoms with Crippen molar-refractivity contribution in [2.24, 2.45) is 0 Å². The molecule has 0 aromatic heterocycles. The van der Waals surface area contributed by atoms with Gasteiger partial charge in [0.15, 0.2) is 0 Å². The Morgan fingerprint density at radius 3 is 2.80 bits per heavy atom. The molecule has 0 aromatic rings. The third-order valence-electron chi connectivity index (χ3n) is 2.90. The summed E-state index contributed by atoms with van der Waals surface area (Å²) in [5.74, 6) is 3.95. The molecule has 15 heavy (non-hydrogen) atoms. The monoisotopic (exact) mass is 246 g/mol. The zero-order valence-corrected chi connectivity index (χ0v) is 10.9. The van der Waals surface area contributed by atoms with Gasteiger partial charge in [-0.3, -0.25) is 10.1 Å². The first-order chi connectivity index (χ1) is 7.18. The second kappa shape index (κ2) is 4.97. The molecule has 2 aliphatic rings. The highest BCUT2D eigenvalue weighted by Crippen LogP contribution is 2.26. The number of amides is 1. The van der Waals surface area contributed by atoms with Gasteiger partial charge < -0.3 is 4.90 Å². The lowest BCUT2D eigenvalue weighted by atomic mass is 10.3. The van der Waals surface area contributed by atoms with E-state index in [1.807, 2.05) is 35.3 Å². The molecule has 0 saturated carbocycles. The summed E-state index contributed by atoms with van der Waals surface area (Å²) >= 11 is 4.02. The summed E-state index contributed by atoms with van der Waals surface area (Å²) in [5.41, 5.74) is 0. The van der Waals surface area contributed by atoms with Crippen molar-refractivity contribution in [3.05, 3.63) is 0 Å². The number of hydrogen-bond donors (Lipinski definition) is 1. The largest absolute Gasteiger partial charge is 0.325 e. The van der Waals surface area contributed by atoms with E-state index >= 15 is 0 Å². The van der Waals surface area contributed by atoms with Gasteiger partial charge in [-0.05, 0) is 13.8 Å². The Bertz CT molecular complexity index is 244. The molecule has 2 heterocycles. The highest BCUT2D eigenvalue weighted by molar-refractivity contribution is 8.06. The Kier molecular flexibility index (Phi) is 3.85. The number of rotatable bonds is 2. The van der Waals surface area contributed by atoms with E-state index in [0.29, 0.717) is 5.25 Å². The Labute approximate surface area is 99.7 Å². The zero-order chi connectivity index (χ0) is 10.8. The molecule has 0 spiro atoms. The van der Waals surface area contributed by atoms with Crippen molar-refractivity contribution < 1.29 is 4.79 Å². The minimum Gasteiger partial charge on any atom is -0.325 e. The zero-order valence-electron chi connectivity index (χ0n) is 9.23. The van der Waals surface area contributed by atoms with E-state index in [4.69, 9.17) is 0 Å². The summed E-state index contributed by atoms with van der Waals surface area (Å²) < 4.78 is 0. The Balaban J connectivity index is 1.90. The van der Waals surface area contributed by atoms with Crippen molar-refractivity contribution in [1.82, 2.24) is 10.2 Å². The highest BCUT2D eigenvalue weighted by Gasteiger charge is 2.34. The molecule has 2 fully saturated rings. The van der Waals surface area contributed by atoms with E-state index in [1.54, 1.807) is 0 Å². The van der Waals surface area contributed by atoms with Crippen LogP contribution >= 0.6 is 23.5 Å². The van der Waals surface area contributed by atoms with E-state index in [2.05, 4.69) is 12.2 Å². The fourth-order valence-electron chi connectivity index (χ4n) is 2.07. The predicted octanol–water partition coefficient (Wildman–Crippen LogP) is 1.00. The highest BCUT2D eigenvalue weighted by atomic mass is 32.2. The van der Waals surface area contributed by atoms with Gasteiger partial charge in [0.25, 0.3) is 0 Å². The molecule has 1 N–H and O–H groups in total. The Hall–Kier alpha value is 0.130. The van der Waals surface area contributed by atoms with Crippen molar-refractivity contribution in [2.45, 2.75) is 31.3 Å². The van der Waals surface area contributed by atoms with Crippen LogP contribution in [0.3, 0.4) is 0 Å². The van der Waals surface area contributed by atoms with E-state index in [-0.39, 0.29) is 18.1 Å². The van der Waals surface area contributed by atoms with Crippen LogP contribution in [0.15, 0.2) is 0 Å². The number of carbonyl (C=O) groups excluding carboxylic acids is 1. The number of nitrogens with one attached hydrogen (secondary N) is 1. The number of carbonyl (C=O) groups is 1. The van der Waals surface area contributed by atoms with Crippen LogP contribution in [0, 0.1) is 0 Å². The topological polar surface area (TPSA) is 32.3 Å². The predicted molar refractivity (Wildman–Crippen MR) is 67.3 cm³/mol. The average Bonchev–Trinajstić information content (AvgIpc) is 2.47. The summed E-state index contributed by atoms with van der Waals surface area (Å²) in [4.78, 5) is 13.8. The van der Waals surface area contributed by atoms with Gasteiger partial charge >= 0.3 is 0 Å². The van der Waals surface area contributed by atoms with Crippen LogP contribution in [0.4, 0.5) is 0 Å². The maximum atomic E-state index is 11.8. The fraction of sp³-hybridized carbons (Fsp3) is 0.900. The first-order valence-electron chi connectivity index (χ1n) is 5.44. The summed E-state index contributed by atoms with van der Waals surface area (Å²) in [6.07, 6.45) is 0.208. The first kappa shape index (κ1) is 11.6. The molecule has 2 saturated heterocycles. The van der Waals surface area contributed by atoms with E-state index in [0.717, 1.165) is 6.54 Å². The molecule has 1 amide bonds. The van der Waals surface area contributed by atoms with Crippen LogP contribution < -0.4 is 5.32 Å². The van der Waals surface area contributed by atoms with Gasteiger partial charge in [-0.15, -0.1) is 0 Å². The molecule has 86 valence electrons. The van der Waals surface area contributed by atoms with Crippen LogP contribution in [-0.2, 0) is 4.79 Å². The summed E-state index contributed by atoms with van der Waals surface area (Å²) in [7, 11) is 0. The lowest BCUT2D eigenvalue weighted by Crippen LogP contribution is -2.40. The number of hydrogen-bond acceptors (Lipinski definition) is 4. The lowest BCUT2D eigenvalue weighted by molar-refractivity contribution is -0.129. The molecule has 3 atom stereocenters. The van der Waals surface area contributed by atoms with Crippen LogP contribution in [-0.4, -0.2) is 52.1 Å². The smallest absolute Gasteiger partial charge is 0.240 e. The summed E-state index contributed by atoms with van der Waals surface area (Å²) in [5, 5.41) is 3.89. The quantitative estimate of drug-likeness (QED) is 0.788. The van der Waals surface area contributed by atoms with Crippen molar-refractivity contribution in [1.29, 1.82) is 0 Å². The molecule has 3 unspecified atom stereocenters.